The summed E-state index contributed by atoms with van der Waals surface area (Å²) in [5, 5.41) is 11.5. The number of nitrogens with zero attached hydrogens (tertiary/aromatic N) is 4. The van der Waals surface area contributed by atoms with Crippen LogP contribution in [0.1, 0.15) is 66.1 Å². The van der Waals surface area contributed by atoms with Crippen LogP contribution in [0, 0.1) is 13.8 Å². The van der Waals surface area contributed by atoms with Gasteiger partial charge >= 0.3 is 0 Å². The lowest BCUT2D eigenvalue weighted by Crippen LogP contribution is -2.50. The van der Waals surface area contributed by atoms with E-state index >= 15 is 0 Å². The van der Waals surface area contributed by atoms with Gasteiger partial charge in [-0.1, -0.05) is 19.0 Å². The molecule has 1 fully saturated rings. The molecule has 0 aliphatic carbocycles. The van der Waals surface area contributed by atoms with E-state index in [4.69, 9.17) is 9.26 Å². The molecule has 0 radical (unpaired) electrons. The monoisotopic (exact) mass is 347 g/mol. The molecule has 0 bridgehead atoms. The van der Waals surface area contributed by atoms with Crippen LogP contribution < -0.4 is 5.32 Å². The van der Waals surface area contributed by atoms with Crippen LogP contribution >= 0.6 is 0 Å². The largest absolute Gasteiger partial charge is 0.381 e. The first-order chi connectivity index (χ1) is 11.8. The predicted octanol–water partition coefficient (Wildman–Crippen LogP) is 1.98. The third kappa shape index (κ3) is 3.18. The van der Waals surface area contributed by atoms with E-state index < -0.39 is 5.54 Å². The van der Waals surface area contributed by atoms with Gasteiger partial charge < -0.3 is 14.6 Å². The molecule has 2 aromatic heterocycles. The Morgan fingerprint density at radius 2 is 1.96 bits per heavy atom. The molecule has 0 unspecified atom stereocenters. The van der Waals surface area contributed by atoms with E-state index in [-0.39, 0.29) is 11.8 Å². The van der Waals surface area contributed by atoms with Gasteiger partial charge in [0, 0.05) is 44.7 Å². The van der Waals surface area contributed by atoms with Crippen LogP contribution in [0.3, 0.4) is 0 Å². The quantitative estimate of drug-likeness (QED) is 0.909. The van der Waals surface area contributed by atoms with Crippen LogP contribution in [0.4, 0.5) is 0 Å². The lowest BCUT2D eigenvalue weighted by atomic mass is 9.89. The van der Waals surface area contributed by atoms with Crippen molar-refractivity contribution in [1.29, 1.82) is 0 Å². The Morgan fingerprint density at radius 1 is 1.28 bits per heavy atom. The molecule has 3 heterocycles. The van der Waals surface area contributed by atoms with Crippen molar-refractivity contribution in [2.75, 3.05) is 13.2 Å². The van der Waals surface area contributed by atoms with Crippen LogP contribution in [0.2, 0.25) is 0 Å². The molecule has 136 valence electrons. The molecule has 2 aromatic rings. The van der Waals surface area contributed by atoms with Crippen molar-refractivity contribution >= 4 is 5.91 Å². The Labute approximate surface area is 146 Å². The van der Waals surface area contributed by atoms with Crippen molar-refractivity contribution in [3.05, 3.63) is 28.7 Å². The van der Waals surface area contributed by atoms with Gasteiger partial charge in [0.2, 0.25) is 0 Å². The molecule has 1 amide bonds. The Bertz CT molecular complexity index is 771. The number of hydrogen-bond donors (Lipinski definition) is 1. The van der Waals surface area contributed by atoms with Crippen molar-refractivity contribution in [3.8, 4) is 0 Å². The molecule has 3 rings (SSSR count). The summed E-state index contributed by atoms with van der Waals surface area (Å²) in [4.78, 5) is 17.5. The van der Waals surface area contributed by atoms with E-state index in [1.54, 1.807) is 4.68 Å². The number of carbonyl (C=O) groups is 1. The molecule has 25 heavy (non-hydrogen) atoms. The lowest BCUT2D eigenvalue weighted by molar-refractivity contribution is 0.0221. The smallest absolute Gasteiger partial charge is 0.255 e. The average molecular weight is 347 g/mol. The topological polar surface area (TPSA) is 95.1 Å². The molecule has 0 atom stereocenters. The Morgan fingerprint density at radius 3 is 2.48 bits per heavy atom. The summed E-state index contributed by atoms with van der Waals surface area (Å²) < 4.78 is 12.7. The summed E-state index contributed by atoms with van der Waals surface area (Å²) in [6, 6.07) is 0. The Hall–Kier alpha value is -2.22. The maximum atomic E-state index is 13.0. The van der Waals surface area contributed by atoms with Gasteiger partial charge in [-0.2, -0.15) is 10.1 Å². The fourth-order valence-electron chi connectivity index (χ4n) is 3.16. The number of aryl methyl sites for hydroxylation is 2. The van der Waals surface area contributed by atoms with Gasteiger partial charge in [-0.15, -0.1) is 0 Å². The summed E-state index contributed by atoms with van der Waals surface area (Å²) in [5.74, 6) is 1.08. The number of rotatable bonds is 4. The zero-order valence-electron chi connectivity index (χ0n) is 15.4. The van der Waals surface area contributed by atoms with E-state index in [0.29, 0.717) is 49.0 Å². The third-order valence-corrected chi connectivity index (χ3v) is 4.80. The molecule has 1 aliphatic rings. The van der Waals surface area contributed by atoms with E-state index in [1.165, 1.54) is 0 Å². The van der Waals surface area contributed by atoms with Gasteiger partial charge in [-0.05, 0) is 13.8 Å². The molecule has 0 saturated carbocycles. The fourth-order valence-corrected chi connectivity index (χ4v) is 3.16. The maximum absolute atomic E-state index is 13.0. The predicted molar refractivity (Wildman–Crippen MR) is 90.3 cm³/mol. The second-order valence-corrected chi connectivity index (χ2v) is 6.93. The molecule has 1 N–H and O–H groups in total. The van der Waals surface area contributed by atoms with Gasteiger partial charge in [0.15, 0.2) is 5.82 Å². The zero-order chi connectivity index (χ0) is 18.2. The van der Waals surface area contributed by atoms with Gasteiger partial charge in [0.05, 0.1) is 11.3 Å². The van der Waals surface area contributed by atoms with Gasteiger partial charge in [0.25, 0.3) is 11.8 Å². The van der Waals surface area contributed by atoms with Crippen molar-refractivity contribution in [2.45, 2.75) is 52.0 Å². The summed E-state index contributed by atoms with van der Waals surface area (Å²) in [6.45, 7) is 8.80. The van der Waals surface area contributed by atoms with Gasteiger partial charge in [-0.25, -0.2) is 0 Å². The number of ether oxygens (including phenoxy) is 1. The normalized spacial score (nSPS) is 17.0. The fraction of sp³-hybridized carbons (Fsp3) is 0.647. The van der Waals surface area contributed by atoms with Crippen LogP contribution in [0.15, 0.2) is 4.52 Å². The van der Waals surface area contributed by atoms with E-state index in [2.05, 4.69) is 20.6 Å². The summed E-state index contributed by atoms with van der Waals surface area (Å²) in [7, 11) is 1.83. The molecule has 8 heteroatoms. The zero-order valence-corrected chi connectivity index (χ0v) is 15.4. The highest BCUT2D eigenvalue weighted by Crippen LogP contribution is 2.32. The maximum Gasteiger partial charge on any atom is 0.255 e. The number of hydrogen-bond acceptors (Lipinski definition) is 6. The minimum Gasteiger partial charge on any atom is -0.381 e. The molecule has 1 saturated heterocycles. The number of nitrogens with one attached hydrogen (secondary N) is 1. The van der Waals surface area contributed by atoms with Crippen LogP contribution in [0.5, 0.6) is 0 Å². The SMILES string of the molecule is Cc1nn(C)c(C)c1C(=O)NC1(c2nc(C(C)C)no2)CCOCC1. The second kappa shape index (κ2) is 6.59. The molecule has 1 aliphatic heterocycles. The van der Waals surface area contributed by atoms with Crippen LogP contribution in [-0.4, -0.2) is 39.0 Å². The first-order valence-electron chi connectivity index (χ1n) is 8.58. The highest BCUT2D eigenvalue weighted by Gasteiger charge is 2.42. The highest BCUT2D eigenvalue weighted by molar-refractivity contribution is 5.96. The molecule has 8 nitrogen and oxygen atoms in total. The van der Waals surface area contributed by atoms with Crippen molar-refractivity contribution in [1.82, 2.24) is 25.2 Å². The summed E-state index contributed by atoms with van der Waals surface area (Å²) in [5.41, 5.74) is 1.42. The van der Waals surface area contributed by atoms with Crippen molar-refractivity contribution in [2.24, 2.45) is 7.05 Å². The number of aromatic nitrogens is 4. The van der Waals surface area contributed by atoms with Gasteiger partial charge in [-0.3, -0.25) is 9.48 Å². The minimum atomic E-state index is -0.704. The number of amides is 1. The van der Waals surface area contributed by atoms with E-state index in [9.17, 15) is 4.79 Å². The Balaban J connectivity index is 1.94. The van der Waals surface area contributed by atoms with Crippen molar-refractivity contribution in [3.63, 3.8) is 0 Å². The second-order valence-electron chi connectivity index (χ2n) is 6.93. The molecular formula is C17H25N5O3. The first-order valence-corrected chi connectivity index (χ1v) is 8.58. The molecule has 0 spiro atoms. The first kappa shape index (κ1) is 17.6. The Kier molecular flexibility index (Phi) is 4.64. The summed E-state index contributed by atoms with van der Waals surface area (Å²) in [6.07, 6.45) is 1.19. The lowest BCUT2D eigenvalue weighted by Gasteiger charge is -2.34. The van der Waals surface area contributed by atoms with E-state index in [1.807, 2.05) is 34.7 Å². The molecular weight excluding hydrogens is 322 g/mol. The van der Waals surface area contributed by atoms with Gasteiger partial charge in [0.1, 0.15) is 5.54 Å². The number of carbonyl (C=O) groups excluding carboxylic acids is 1. The van der Waals surface area contributed by atoms with Crippen molar-refractivity contribution < 1.29 is 14.1 Å². The van der Waals surface area contributed by atoms with E-state index in [0.717, 1.165) is 5.69 Å². The van der Waals surface area contributed by atoms with Crippen LogP contribution in [-0.2, 0) is 17.3 Å². The average Bonchev–Trinajstić information content (AvgIpc) is 3.14. The standard InChI is InChI=1S/C17H25N5O3/c1-10(2)14-18-16(25-21-14)17(6-8-24-9-7-17)19-15(23)13-11(3)20-22(5)12(13)4/h10H,6-9H2,1-5H3,(H,19,23). The highest BCUT2D eigenvalue weighted by atomic mass is 16.5. The minimum absolute atomic E-state index is 0.160. The summed E-state index contributed by atoms with van der Waals surface area (Å²) >= 11 is 0. The third-order valence-electron chi connectivity index (χ3n) is 4.80. The van der Waals surface area contributed by atoms with Crippen LogP contribution in [0.25, 0.3) is 0 Å². The molecule has 0 aromatic carbocycles.